The van der Waals surface area contributed by atoms with Crippen LogP contribution in [0.3, 0.4) is 0 Å². The highest BCUT2D eigenvalue weighted by Gasteiger charge is 2.24. The number of amides is 2. The zero-order chi connectivity index (χ0) is 19.6. The summed E-state index contributed by atoms with van der Waals surface area (Å²) in [6, 6.07) is 7.45. The number of likely N-dealkylation sites (tertiary alicyclic amines) is 1. The van der Waals surface area contributed by atoms with Gasteiger partial charge in [-0.15, -0.1) is 0 Å². The molecule has 1 heterocycles. The second kappa shape index (κ2) is 10.7. The van der Waals surface area contributed by atoms with Crippen LogP contribution in [-0.2, 0) is 9.53 Å². The molecule has 27 heavy (non-hydrogen) atoms. The lowest BCUT2D eigenvalue weighted by molar-refractivity contribution is -0.132. The number of piperidine rings is 1. The Morgan fingerprint density at radius 1 is 1.11 bits per heavy atom. The fraction of sp³-hybridized carbons (Fsp3) is 0.571. The molecule has 1 aromatic carbocycles. The molecule has 1 saturated heterocycles. The van der Waals surface area contributed by atoms with Crippen LogP contribution in [0.1, 0.15) is 61.4 Å². The SMILES string of the molecule is CCCCOC(=O)NC1CCN(C(=O)CCC(=O)c2ccc(C)cc2)CC1. The van der Waals surface area contributed by atoms with E-state index in [1.165, 1.54) is 0 Å². The van der Waals surface area contributed by atoms with Crippen LogP contribution in [0.5, 0.6) is 0 Å². The molecule has 0 bridgehead atoms. The highest BCUT2D eigenvalue weighted by molar-refractivity contribution is 5.98. The fourth-order valence-electron chi connectivity index (χ4n) is 3.05. The number of ether oxygens (including phenoxy) is 1. The smallest absolute Gasteiger partial charge is 0.407 e. The number of hydrogen-bond donors (Lipinski definition) is 1. The molecule has 2 rings (SSSR count). The van der Waals surface area contributed by atoms with Crippen LogP contribution in [0.4, 0.5) is 4.79 Å². The van der Waals surface area contributed by atoms with Crippen LogP contribution in [0.15, 0.2) is 24.3 Å². The van der Waals surface area contributed by atoms with E-state index in [1.807, 2.05) is 26.0 Å². The van der Waals surface area contributed by atoms with E-state index in [4.69, 9.17) is 4.74 Å². The Balaban J connectivity index is 1.68. The van der Waals surface area contributed by atoms with Gasteiger partial charge in [-0.1, -0.05) is 43.2 Å². The van der Waals surface area contributed by atoms with E-state index in [0.717, 1.165) is 18.4 Å². The van der Waals surface area contributed by atoms with Gasteiger partial charge >= 0.3 is 6.09 Å². The van der Waals surface area contributed by atoms with Crippen molar-refractivity contribution in [3.8, 4) is 0 Å². The molecular weight excluding hydrogens is 344 g/mol. The maximum atomic E-state index is 12.4. The number of Topliss-reactive ketones (excluding diaryl/α,β-unsaturated/α-hetero) is 1. The van der Waals surface area contributed by atoms with Crippen molar-refractivity contribution in [2.24, 2.45) is 0 Å². The van der Waals surface area contributed by atoms with Gasteiger partial charge in [0.05, 0.1) is 6.61 Å². The quantitative estimate of drug-likeness (QED) is 0.558. The van der Waals surface area contributed by atoms with Crippen molar-refractivity contribution in [2.45, 2.75) is 58.4 Å². The van der Waals surface area contributed by atoms with E-state index in [9.17, 15) is 14.4 Å². The highest BCUT2D eigenvalue weighted by atomic mass is 16.5. The van der Waals surface area contributed by atoms with E-state index in [1.54, 1.807) is 17.0 Å². The normalized spacial score (nSPS) is 14.7. The van der Waals surface area contributed by atoms with Crippen LogP contribution in [0.25, 0.3) is 0 Å². The number of carbonyl (C=O) groups excluding carboxylic acids is 3. The first-order chi connectivity index (χ1) is 13.0. The summed E-state index contributed by atoms with van der Waals surface area (Å²) >= 11 is 0. The summed E-state index contributed by atoms with van der Waals surface area (Å²) in [4.78, 5) is 38.0. The maximum absolute atomic E-state index is 12.4. The molecule has 1 aromatic rings. The van der Waals surface area contributed by atoms with E-state index < -0.39 is 0 Å². The largest absolute Gasteiger partial charge is 0.450 e. The first-order valence-electron chi connectivity index (χ1n) is 9.80. The summed E-state index contributed by atoms with van der Waals surface area (Å²) in [7, 11) is 0. The Morgan fingerprint density at radius 3 is 2.41 bits per heavy atom. The number of hydrogen-bond acceptors (Lipinski definition) is 4. The molecule has 1 fully saturated rings. The molecule has 1 aliphatic rings. The summed E-state index contributed by atoms with van der Waals surface area (Å²) in [5.41, 5.74) is 1.76. The van der Waals surface area contributed by atoms with Gasteiger partial charge in [0.25, 0.3) is 0 Å². The van der Waals surface area contributed by atoms with Gasteiger partial charge in [0, 0.05) is 37.5 Å². The number of alkyl carbamates (subject to hydrolysis) is 1. The van der Waals surface area contributed by atoms with Crippen LogP contribution in [-0.4, -0.2) is 48.4 Å². The maximum Gasteiger partial charge on any atom is 0.407 e. The Kier molecular flexibility index (Phi) is 8.30. The molecule has 0 aliphatic carbocycles. The molecule has 0 radical (unpaired) electrons. The first kappa shape index (κ1) is 20.9. The number of nitrogens with one attached hydrogen (secondary N) is 1. The topological polar surface area (TPSA) is 75.7 Å². The van der Waals surface area contributed by atoms with Crippen molar-refractivity contribution in [2.75, 3.05) is 19.7 Å². The molecular formula is C21H30N2O4. The van der Waals surface area contributed by atoms with Crippen LogP contribution in [0, 0.1) is 6.92 Å². The molecule has 0 spiro atoms. The minimum Gasteiger partial charge on any atom is -0.450 e. The second-order valence-corrected chi connectivity index (χ2v) is 7.08. The van der Waals surface area contributed by atoms with Gasteiger partial charge in [0.15, 0.2) is 5.78 Å². The third-order valence-electron chi connectivity index (χ3n) is 4.84. The average molecular weight is 374 g/mol. The third-order valence-corrected chi connectivity index (χ3v) is 4.84. The van der Waals surface area contributed by atoms with Gasteiger partial charge < -0.3 is 15.0 Å². The molecule has 6 heteroatoms. The summed E-state index contributed by atoms with van der Waals surface area (Å²) in [6.45, 7) is 5.65. The molecule has 2 amide bonds. The molecule has 1 aliphatic heterocycles. The minimum absolute atomic E-state index is 0.000524. The third kappa shape index (κ3) is 7.04. The van der Waals surface area contributed by atoms with Gasteiger partial charge in [-0.25, -0.2) is 4.79 Å². The van der Waals surface area contributed by atoms with E-state index in [2.05, 4.69) is 5.32 Å². The number of unbranched alkanes of at least 4 members (excludes halogenated alkanes) is 1. The lowest BCUT2D eigenvalue weighted by atomic mass is 10.0. The predicted octanol–water partition coefficient (Wildman–Crippen LogP) is 3.48. The van der Waals surface area contributed by atoms with Gasteiger partial charge in [-0.05, 0) is 26.2 Å². The highest BCUT2D eigenvalue weighted by Crippen LogP contribution is 2.14. The van der Waals surface area contributed by atoms with Crippen molar-refractivity contribution in [3.05, 3.63) is 35.4 Å². The molecule has 1 N–H and O–H groups in total. The first-order valence-corrected chi connectivity index (χ1v) is 9.80. The van der Waals surface area contributed by atoms with E-state index >= 15 is 0 Å². The number of aryl methyl sites for hydroxylation is 1. The average Bonchev–Trinajstić information content (AvgIpc) is 2.67. The van der Waals surface area contributed by atoms with E-state index in [-0.39, 0.29) is 36.7 Å². The predicted molar refractivity (Wildman–Crippen MR) is 104 cm³/mol. The van der Waals surface area contributed by atoms with E-state index in [0.29, 0.717) is 38.1 Å². The van der Waals surface area contributed by atoms with Gasteiger partial charge in [0.2, 0.25) is 5.91 Å². The lowest BCUT2D eigenvalue weighted by Gasteiger charge is -2.32. The standard InChI is InChI=1S/C21H30N2O4/c1-3-4-15-27-21(26)22-18-11-13-23(14-12-18)20(25)10-9-19(24)17-7-5-16(2)6-8-17/h5-8,18H,3-4,9-15H2,1-2H3,(H,22,26). The van der Waals surface area contributed by atoms with Crippen molar-refractivity contribution < 1.29 is 19.1 Å². The Morgan fingerprint density at radius 2 is 1.78 bits per heavy atom. The van der Waals surface area contributed by atoms with Crippen molar-refractivity contribution in [3.63, 3.8) is 0 Å². The van der Waals surface area contributed by atoms with Gasteiger partial charge in [-0.3, -0.25) is 9.59 Å². The van der Waals surface area contributed by atoms with Crippen molar-refractivity contribution in [1.82, 2.24) is 10.2 Å². The molecule has 6 nitrogen and oxygen atoms in total. The number of nitrogens with zero attached hydrogens (tertiary/aromatic N) is 1. The molecule has 0 unspecified atom stereocenters. The summed E-state index contributed by atoms with van der Waals surface area (Å²) in [5.74, 6) is -0.00541. The molecule has 148 valence electrons. The molecule has 0 atom stereocenters. The zero-order valence-electron chi connectivity index (χ0n) is 16.3. The molecule has 0 saturated carbocycles. The van der Waals surface area contributed by atoms with Crippen molar-refractivity contribution >= 4 is 17.8 Å². The number of carbonyl (C=O) groups is 3. The van der Waals surface area contributed by atoms with Crippen LogP contribution < -0.4 is 5.32 Å². The monoisotopic (exact) mass is 374 g/mol. The Bertz CT molecular complexity index is 634. The Labute approximate surface area is 161 Å². The van der Waals surface area contributed by atoms with Gasteiger partial charge in [0.1, 0.15) is 0 Å². The van der Waals surface area contributed by atoms with Crippen LogP contribution >= 0.6 is 0 Å². The summed E-state index contributed by atoms with van der Waals surface area (Å²) < 4.78 is 5.11. The van der Waals surface area contributed by atoms with Crippen LogP contribution in [0.2, 0.25) is 0 Å². The summed E-state index contributed by atoms with van der Waals surface area (Å²) in [5, 5.41) is 2.86. The van der Waals surface area contributed by atoms with Gasteiger partial charge in [-0.2, -0.15) is 0 Å². The minimum atomic E-state index is -0.378. The lowest BCUT2D eigenvalue weighted by Crippen LogP contribution is -2.46. The van der Waals surface area contributed by atoms with Crippen molar-refractivity contribution in [1.29, 1.82) is 0 Å². The Hall–Kier alpha value is -2.37. The number of benzene rings is 1. The zero-order valence-corrected chi connectivity index (χ0v) is 16.3. The summed E-state index contributed by atoms with van der Waals surface area (Å²) in [6.07, 6.45) is 3.34. The number of rotatable bonds is 8. The molecule has 0 aromatic heterocycles. The fourth-order valence-corrected chi connectivity index (χ4v) is 3.05. The number of ketones is 1. The second-order valence-electron chi connectivity index (χ2n) is 7.08.